The quantitative estimate of drug-likeness (QED) is 0.360. The molecule has 6 heteroatoms. The van der Waals surface area contributed by atoms with Crippen molar-refractivity contribution >= 4 is 34.2 Å². The van der Waals surface area contributed by atoms with Crippen LogP contribution in [0.2, 0.25) is 5.02 Å². The van der Waals surface area contributed by atoms with Crippen molar-refractivity contribution < 1.29 is 9.53 Å². The molecule has 0 saturated carbocycles. The Bertz CT molecular complexity index is 1290. The van der Waals surface area contributed by atoms with Gasteiger partial charge in [-0.05, 0) is 61.4 Å². The number of carbonyl (C=O) groups is 1. The molecule has 4 aromatic rings. The third-order valence-corrected chi connectivity index (χ3v) is 6.53. The number of aromatic nitrogens is 2. The molecule has 5 nitrogen and oxygen atoms in total. The maximum absolute atomic E-state index is 13.1. The first kappa shape index (κ1) is 21.5. The molecular formula is C27H26ClN3O2. The molecule has 0 radical (unpaired) electrons. The predicted molar refractivity (Wildman–Crippen MR) is 132 cm³/mol. The molecule has 168 valence electrons. The second-order valence-corrected chi connectivity index (χ2v) is 8.99. The molecule has 1 fully saturated rings. The minimum atomic E-state index is 0.0273. The summed E-state index contributed by atoms with van der Waals surface area (Å²) >= 11 is 5.97. The molecule has 1 aliphatic rings. The second-order valence-electron chi connectivity index (χ2n) is 8.56. The number of para-hydroxylation sites is 3. The van der Waals surface area contributed by atoms with Crippen LogP contribution >= 0.6 is 11.6 Å². The zero-order chi connectivity index (χ0) is 22.9. The summed E-state index contributed by atoms with van der Waals surface area (Å²) < 4.78 is 8.17. The number of aryl methyl sites for hydroxylation is 2. The molecule has 0 unspecified atom stereocenters. The molecule has 0 spiro atoms. The lowest BCUT2D eigenvalue weighted by Gasteiger charge is -2.21. The lowest BCUT2D eigenvalue weighted by Crippen LogP contribution is -2.26. The van der Waals surface area contributed by atoms with Crippen LogP contribution in [0.25, 0.3) is 11.0 Å². The number of fused-ring (bicyclic) bond motifs is 1. The van der Waals surface area contributed by atoms with E-state index in [0.29, 0.717) is 31.1 Å². The Morgan fingerprint density at radius 2 is 1.73 bits per heavy atom. The highest BCUT2D eigenvalue weighted by atomic mass is 35.5. The Kier molecular flexibility index (Phi) is 5.81. The average molecular weight is 460 g/mol. The fourth-order valence-corrected chi connectivity index (χ4v) is 4.88. The number of carbonyl (C=O) groups excluding carboxylic acids is 1. The van der Waals surface area contributed by atoms with Crippen LogP contribution in [0.3, 0.4) is 0 Å². The van der Waals surface area contributed by atoms with Crippen LogP contribution in [-0.4, -0.2) is 28.6 Å². The fraction of sp³-hybridized carbons (Fsp3) is 0.259. The second kappa shape index (κ2) is 8.91. The topological polar surface area (TPSA) is 47.4 Å². The van der Waals surface area contributed by atoms with Crippen LogP contribution in [0, 0.1) is 13.8 Å². The Balaban J connectivity index is 1.42. The lowest BCUT2D eigenvalue weighted by molar-refractivity contribution is -0.117. The Hall–Kier alpha value is -3.31. The number of amides is 1. The van der Waals surface area contributed by atoms with Crippen LogP contribution in [0.1, 0.15) is 29.3 Å². The molecular weight excluding hydrogens is 434 g/mol. The number of nitrogens with zero attached hydrogens (tertiary/aromatic N) is 3. The zero-order valence-corrected chi connectivity index (χ0v) is 19.5. The van der Waals surface area contributed by atoms with Crippen molar-refractivity contribution in [2.24, 2.45) is 0 Å². The van der Waals surface area contributed by atoms with Gasteiger partial charge in [-0.3, -0.25) is 4.79 Å². The molecule has 1 atom stereocenters. The van der Waals surface area contributed by atoms with Crippen LogP contribution in [-0.2, 0) is 11.3 Å². The summed E-state index contributed by atoms with van der Waals surface area (Å²) in [6.45, 7) is 5.90. The summed E-state index contributed by atoms with van der Waals surface area (Å²) in [5.74, 6) is 1.90. The van der Waals surface area contributed by atoms with Gasteiger partial charge in [0.25, 0.3) is 0 Å². The first-order valence-corrected chi connectivity index (χ1v) is 11.6. The molecule has 3 aromatic carbocycles. The van der Waals surface area contributed by atoms with Gasteiger partial charge in [0, 0.05) is 29.6 Å². The third kappa shape index (κ3) is 4.21. The molecule has 33 heavy (non-hydrogen) atoms. The number of rotatable bonds is 6. The molecule has 1 amide bonds. The van der Waals surface area contributed by atoms with Crippen molar-refractivity contribution in [3.05, 3.63) is 88.7 Å². The van der Waals surface area contributed by atoms with E-state index in [1.54, 1.807) is 0 Å². The minimum absolute atomic E-state index is 0.0273. The highest BCUT2D eigenvalue weighted by molar-refractivity contribution is 6.30. The van der Waals surface area contributed by atoms with Crippen LogP contribution in [0.4, 0.5) is 5.69 Å². The summed E-state index contributed by atoms with van der Waals surface area (Å²) in [6.07, 6.45) is 0.454. The number of imidazole rings is 1. The molecule has 0 aliphatic carbocycles. The normalized spacial score (nSPS) is 16.0. The smallest absolute Gasteiger partial charge is 0.227 e. The Morgan fingerprint density at radius 1 is 1.00 bits per heavy atom. The number of anilines is 1. The van der Waals surface area contributed by atoms with Crippen molar-refractivity contribution in [3.8, 4) is 5.75 Å². The molecule has 5 rings (SSSR count). The van der Waals surface area contributed by atoms with E-state index in [0.717, 1.165) is 39.4 Å². The number of halogens is 1. The third-order valence-electron chi connectivity index (χ3n) is 6.28. The van der Waals surface area contributed by atoms with Gasteiger partial charge >= 0.3 is 0 Å². The van der Waals surface area contributed by atoms with E-state index < -0.39 is 0 Å². The summed E-state index contributed by atoms with van der Waals surface area (Å²) in [7, 11) is 0. The highest BCUT2D eigenvalue weighted by Gasteiger charge is 2.35. The van der Waals surface area contributed by atoms with Crippen molar-refractivity contribution in [2.75, 3.05) is 18.1 Å². The molecule has 1 saturated heterocycles. The van der Waals surface area contributed by atoms with Gasteiger partial charge < -0.3 is 14.2 Å². The van der Waals surface area contributed by atoms with Crippen LogP contribution < -0.4 is 9.64 Å². The van der Waals surface area contributed by atoms with Crippen LogP contribution in [0.15, 0.2) is 66.7 Å². The fourth-order valence-electron chi connectivity index (χ4n) is 4.75. The highest BCUT2D eigenvalue weighted by Crippen LogP contribution is 2.36. The standard InChI is InChI=1S/C27H26ClN3O2/c1-18-6-5-7-19(2)26(18)31-17-20(16-25(31)32)27-29-23-8-3-4-9-24(23)30(27)14-15-33-22-12-10-21(28)11-13-22/h3-13,20H,14-17H2,1-2H3/t20-/m0/s1. The van der Waals surface area contributed by atoms with E-state index in [4.69, 9.17) is 21.3 Å². The van der Waals surface area contributed by atoms with Gasteiger partial charge in [0.2, 0.25) is 5.91 Å². The first-order valence-electron chi connectivity index (χ1n) is 11.2. The molecule has 0 bridgehead atoms. The lowest BCUT2D eigenvalue weighted by atomic mass is 10.1. The van der Waals surface area contributed by atoms with Gasteiger partial charge in [-0.2, -0.15) is 0 Å². The SMILES string of the molecule is Cc1cccc(C)c1N1C[C@@H](c2nc3ccccc3n2CCOc2ccc(Cl)cc2)CC1=O. The molecule has 1 aromatic heterocycles. The maximum atomic E-state index is 13.1. The van der Waals surface area contributed by atoms with E-state index in [9.17, 15) is 4.79 Å². The van der Waals surface area contributed by atoms with Crippen LogP contribution in [0.5, 0.6) is 5.75 Å². The van der Waals surface area contributed by atoms with E-state index in [2.05, 4.69) is 36.6 Å². The first-order chi connectivity index (χ1) is 16.0. The van der Waals surface area contributed by atoms with Crippen molar-refractivity contribution in [1.29, 1.82) is 0 Å². The van der Waals surface area contributed by atoms with E-state index in [-0.39, 0.29) is 11.8 Å². The molecule has 1 aliphatic heterocycles. The van der Waals surface area contributed by atoms with Crippen molar-refractivity contribution in [2.45, 2.75) is 32.7 Å². The van der Waals surface area contributed by atoms with Crippen molar-refractivity contribution in [3.63, 3.8) is 0 Å². The predicted octanol–water partition coefficient (Wildman–Crippen LogP) is 5.91. The monoisotopic (exact) mass is 459 g/mol. The number of benzene rings is 3. The van der Waals surface area contributed by atoms with E-state index in [1.165, 1.54) is 0 Å². The largest absolute Gasteiger partial charge is 0.492 e. The average Bonchev–Trinajstić information content (AvgIpc) is 3.36. The summed E-state index contributed by atoms with van der Waals surface area (Å²) in [4.78, 5) is 20.0. The van der Waals surface area contributed by atoms with Crippen molar-refractivity contribution in [1.82, 2.24) is 9.55 Å². The van der Waals surface area contributed by atoms with Gasteiger partial charge in [0.05, 0.1) is 17.6 Å². The molecule has 0 N–H and O–H groups in total. The van der Waals surface area contributed by atoms with Gasteiger partial charge in [0.15, 0.2) is 0 Å². The molecule has 2 heterocycles. The summed E-state index contributed by atoms with van der Waals surface area (Å²) in [5, 5.41) is 0.685. The number of hydrogen-bond donors (Lipinski definition) is 0. The maximum Gasteiger partial charge on any atom is 0.227 e. The van der Waals surface area contributed by atoms with Gasteiger partial charge in [-0.1, -0.05) is 41.9 Å². The zero-order valence-electron chi connectivity index (χ0n) is 18.8. The number of hydrogen-bond acceptors (Lipinski definition) is 3. The van der Waals surface area contributed by atoms with E-state index >= 15 is 0 Å². The van der Waals surface area contributed by atoms with Gasteiger partial charge in [0.1, 0.15) is 18.2 Å². The minimum Gasteiger partial charge on any atom is -0.492 e. The Morgan fingerprint density at radius 3 is 2.48 bits per heavy atom. The Labute approximate surface area is 198 Å². The number of ether oxygens (including phenoxy) is 1. The van der Waals surface area contributed by atoms with E-state index in [1.807, 2.05) is 53.4 Å². The summed E-state index contributed by atoms with van der Waals surface area (Å²) in [6, 6.07) is 21.7. The summed E-state index contributed by atoms with van der Waals surface area (Å²) in [5.41, 5.74) is 5.27. The van der Waals surface area contributed by atoms with Gasteiger partial charge in [-0.25, -0.2) is 4.98 Å². The van der Waals surface area contributed by atoms with Gasteiger partial charge in [-0.15, -0.1) is 0 Å².